The molecular weight excluding hydrogens is 516 g/mol. The smallest absolute Gasteiger partial charge is 0.252 e. The van der Waals surface area contributed by atoms with E-state index < -0.39 is 0 Å². The van der Waals surface area contributed by atoms with E-state index in [1.165, 1.54) is 0 Å². The zero-order valence-electron chi connectivity index (χ0n) is 24.8. The van der Waals surface area contributed by atoms with Crippen LogP contribution >= 0.6 is 0 Å². The van der Waals surface area contributed by atoms with E-state index in [0.717, 1.165) is 59.7 Å². The molecule has 1 aliphatic rings. The maximum absolute atomic E-state index is 13.6. The second-order valence-electron chi connectivity index (χ2n) is 11.5. The molecular formula is C32H40N6O3. The molecule has 2 aromatic heterocycles. The third-order valence-electron chi connectivity index (χ3n) is 7.79. The van der Waals surface area contributed by atoms with Crippen molar-refractivity contribution in [1.82, 2.24) is 29.8 Å². The van der Waals surface area contributed by atoms with Gasteiger partial charge in [0, 0.05) is 61.8 Å². The van der Waals surface area contributed by atoms with Gasteiger partial charge in [-0.15, -0.1) is 0 Å². The van der Waals surface area contributed by atoms with Gasteiger partial charge in [-0.1, -0.05) is 6.07 Å². The van der Waals surface area contributed by atoms with Crippen LogP contribution in [0.25, 0.3) is 22.3 Å². The van der Waals surface area contributed by atoms with E-state index in [9.17, 15) is 4.79 Å². The second-order valence-corrected chi connectivity index (χ2v) is 11.5. The number of benzene rings is 2. The molecule has 5 rings (SSSR count). The summed E-state index contributed by atoms with van der Waals surface area (Å²) in [4.78, 5) is 15.9. The number of amides is 1. The molecule has 0 unspecified atom stereocenters. The molecule has 3 heterocycles. The van der Waals surface area contributed by atoms with Gasteiger partial charge in [0.1, 0.15) is 12.4 Å². The van der Waals surface area contributed by atoms with E-state index in [-0.39, 0.29) is 17.5 Å². The minimum atomic E-state index is -0.237. The summed E-state index contributed by atoms with van der Waals surface area (Å²) in [6.07, 6.45) is 7.68. The highest BCUT2D eigenvalue weighted by Gasteiger charge is 2.29. The van der Waals surface area contributed by atoms with Crippen molar-refractivity contribution in [1.29, 1.82) is 0 Å². The normalized spacial score (nSPS) is 15.1. The predicted octanol–water partition coefficient (Wildman–Crippen LogP) is 4.78. The lowest BCUT2D eigenvalue weighted by Gasteiger charge is -2.40. The molecule has 4 aromatic rings. The van der Waals surface area contributed by atoms with Gasteiger partial charge in [-0.3, -0.25) is 19.1 Å². The molecule has 1 N–H and O–H groups in total. The molecule has 41 heavy (non-hydrogen) atoms. The van der Waals surface area contributed by atoms with Gasteiger partial charge in [-0.2, -0.15) is 10.2 Å². The van der Waals surface area contributed by atoms with Crippen LogP contribution in [-0.2, 0) is 18.8 Å². The zero-order valence-corrected chi connectivity index (χ0v) is 24.8. The highest BCUT2D eigenvalue weighted by molar-refractivity contribution is 5.96. The van der Waals surface area contributed by atoms with Gasteiger partial charge in [-0.05, 0) is 80.3 Å². The van der Waals surface area contributed by atoms with Crippen LogP contribution in [0.5, 0.6) is 5.75 Å². The van der Waals surface area contributed by atoms with Gasteiger partial charge >= 0.3 is 0 Å². The van der Waals surface area contributed by atoms with Gasteiger partial charge in [0.15, 0.2) is 0 Å². The number of carbonyl (C=O) groups excluding carboxylic acids is 1. The third kappa shape index (κ3) is 6.69. The fourth-order valence-corrected chi connectivity index (χ4v) is 5.19. The molecule has 1 atom stereocenters. The summed E-state index contributed by atoms with van der Waals surface area (Å²) in [5.41, 5.74) is 6.45. The third-order valence-corrected chi connectivity index (χ3v) is 7.79. The van der Waals surface area contributed by atoms with E-state index in [2.05, 4.69) is 52.5 Å². The SMILES string of the molecule is Cc1ccc(OCC(C)(C)N2CCOCC2)cc1C(=O)N[C@H](C)c1cc(-c2cnn(C)c2)cc(-c2cnn(C)c2)c1. The summed E-state index contributed by atoms with van der Waals surface area (Å²) in [5, 5.41) is 11.9. The molecule has 9 nitrogen and oxygen atoms in total. The minimum absolute atomic E-state index is 0.136. The number of hydrogen-bond donors (Lipinski definition) is 1. The van der Waals surface area contributed by atoms with Crippen molar-refractivity contribution in [2.75, 3.05) is 32.9 Å². The molecule has 216 valence electrons. The topological polar surface area (TPSA) is 86.4 Å². The molecule has 0 bridgehead atoms. The summed E-state index contributed by atoms with van der Waals surface area (Å²) >= 11 is 0. The number of ether oxygens (including phenoxy) is 2. The number of morpholine rings is 1. The van der Waals surface area contributed by atoms with Crippen molar-refractivity contribution in [2.24, 2.45) is 14.1 Å². The van der Waals surface area contributed by atoms with Crippen LogP contribution in [0, 0.1) is 6.92 Å². The van der Waals surface area contributed by atoms with E-state index in [1.807, 2.05) is 70.9 Å². The molecule has 1 fully saturated rings. The molecule has 0 spiro atoms. The van der Waals surface area contributed by atoms with Crippen molar-refractivity contribution in [2.45, 2.75) is 39.3 Å². The van der Waals surface area contributed by atoms with Crippen molar-refractivity contribution < 1.29 is 14.3 Å². The number of carbonyl (C=O) groups is 1. The molecule has 1 aliphatic heterocycles. The Morgan fingerprint density at radius 1 is 0.976 bits per heavy atom. The van der Waals surface area contributed by atoms with Crippen molar-refractivity contribution in [3.63, 3.8) is 0 Å². The maximum atomic E-state index is 13.6. The zero-order chi connectivity index (χ0) is 29.1. The Labute approximate surface area is 242 Å². The number of hydrogen-bond acceptors (Lipinski definition) is 6. The Kier molecular flexibility index (Phi) is 8.28. The number of aromatic nitrogens is 4. The average Bonchev–Trinajstić information content (AvgIpc) is 3.61. The summed E-state index contributed by atoms with van der Waals surface area (Å²) in [5.74, 6) is 0.551. The monoisotopic (exact) mass is 556 g/mol. The van der Waals surface area contributed by atoms with Crippen molar-refractivity contribution in [3.8, 4) is 28.0 Å². The molecule has 1 saturated heterocycles. The Morgan fingerprint density at radius 2 is 1.59 bits per heavy atom. The van der Waals surface area contributed by atoms with E-state index in [1.54, 1.807) is 9.36 Å². The molecule has 2 aromatic carbocycles. The van der Waals surface area contributed by atoms with Crippen molar-refractivity contribution >= 4 is 5.91 Å². The van der Waals surface area contributed by atoms with Crippen LogP contribution in [0.4, 0.5) is 0 Å². The van der Waals surface area contributed by atoms with Crippen LogP contribution in [-0.4, -0.2) is 68.8 Å². The number of nitrogens with one attached hydrogen (secondary N) is 1. The highest BCUT2D eigenvalue weighted by atomic mass is 16.5. The van der Waals surface area contributed by atoms with Gasteiger partial charge in [0.25, 0.3) is 5.91 Å². The minimum Gasteiger partial charge on any atom is -0.492 e. The van der Waals surface area contributed by atoms with Crippen LogP contribution < -0.4 is 10.1 Å². The lowest BCUT2D eigenvalue weighted by atomic mass is 9.96. The molecule has 0 saturated carbocycles. The average molecular weight is 557 g/mol. The summed E-state index contributed by atoms with van der Waals surface area (Å²) in [6.45, 7) is 12.1. The first kappa shape index (κ1) is 28.6. The van der Waals surface area contributed by atoms with E-state index in [4.69, 9.17) is 9.47 Å². The highest BCUT2D eigenvalue weighted by Crippen LogP contribution is 2.31. The second kappa shape index (κ2) is 11.9. The quantitative estimate of drug-likeness (QED) is 0.320. The predicted molar refractivity (Wildman–Crippen MR) is 160 cm³/mol. The Bertz CT molecular complexity index is 1460. The number of aryl methyl sites for hydroxylation is 3. The van der Waals surface area contributed by atoms with Gasteiger partial charge in [0.2, 0.25) is 0 Å². The standard InChI is InChI=1S/C32H40N6O3/c1-22-7-8-29(41-21-32(3,4)38-9-11-40-12-10-38)16-30(22)31(39)35-23(2)24-13-25(27-17-33-36(5)19-27)15-26(14-24)28-18-34-37(6)20-28/h7-8,13-20,23H,9-12,21H2,1-6H3,(H,35,39)/t23-/m1/s1. The van der Waals surface area contributed by atoms with Crippen LogP contribution in [0.15, 0.2) is 61.2 Å². The van der Waals surface area contributed by atoms with Gasteiger partial charge in [0.05, 0.1) is 31.6 Å². The fraction of sp³-hybridized carbons (Fsp3) is 0.406. The largest absolute Gasteiger partial charge is 0.492 e. The summed E-state index contributed by atoms with van der Waals surface area (Å²) < 4.78 is 15.3. The molecule has 0 aliphatic carbocycles. The molecule has 1 amide bonds. The van der Waals surface area contributed by atoms with Gasteiger partial charge in [-0.25, -0.2) is 0 Å². The van der Waals surface area contributed by atoms with Crippen molar-refractivity contribution in [3.05, 3.63) is 77.9 Å². The Balaban J connectivity index is 1.34. The lowest BCUT2D eigenvalue weighted by molar-refractivity contribution is -0.0250. The fourth-order valence-electron chi connectivity index (χ4n) is 5.19. The summed E-state index contributed by atoms with van der Waals surface area (Å²) in [7, 11) is 3.81. The molecule has 0 radical (unpaired) electrons. The number of rotatable bonds is 9. The number of nitrogens with zero attached hydrogens (tertiary/aromatic N) is 5. The molecule has 9 heteroatoms. The first-order chi connectivity index (χ1) is 19.6. The Hall–Kier alpha value is -3.95. The van der Waals surface area contributed by atoms with Gasteiger partial charge < -0.3 is 14.8 Å². The van der Waals surface area contributed by atoms with E-state index in [0.29, 0.717) is 17.9 Å². The summed E-state index contributed by atoms with van der Waals surface area (Å²) in [6, 6.07) is 11.8. The van der Waals surface area contributed by atoms with Crippen LogP contribution in [0.2, 0.25) is 0 Å². The van der Waals surface area contributed by atoms with Crippen LogP contribution in [0.3, 0.4) is 0 Å². The maximum Gasteiger partial charge on any atom is 0.252 e. The van der Waals surface area contributed by atoms with Crippen LogP contribution in [0.1, 0.15) is 48.3 Å². The van der Waals surface area contributed by atoms with E-state index >= 15 is 0 Å². The first-order valence-electron chi connectivity index (χ1n) is 14.1. The lowest BCUT2D eigenvalue weighted by Crippen LogP contribution is -2.53. The Morgan fingerprint density at radius 3 is 2.15 bits per heavy atom. The first-order valence-corrected chi connectivity index (χ1v) is 14.1.